The van der Waals surface area contributed by atoms with Crippen molar-refractivity contribution in [1.82, 2.24) is 0 Å². The molecule has 0 saturated carbocycles. The van der Waals surface area contributed by atoms with Crippen molar-refractivity contribution in [2.75, 3.05) is 7.11 Å². The maximum absolute atomic E-state index is 6.04. The van der Waals surface area contributed by atoms with Gasteiger partial charge in [0.25, 0.3) is 0 Å². The zero-order chi connectivity index (χ0) is 10.1. The quantitative estimate of drug-likeness (QED) is 0.749. The number of methoxy groups -OCH3 is 1. The molecule has 0 saturated heterocycles. The van der Waals surface area contributed by atoms with Gasteiger partial charge in [-0.2, -0.15) is 0 Å². The first-order chi connectivity index (χ1) is 6.76. The Morgan fingerprint density at radius 3 is 2.86 bits per heavy atom. The van der Waals surface area contributed by atoms with Crippen molar-refractivity contribution in [3.8, 4) is 5.75 Å². The molecule has 14 heavy (non-hydrogen) atoms. The number of rotatable bonds is 2. The van der Waals surface area contributed by atoms with Crippen LogP contribution < -0.4 is 4.74 Å². The Hall–Kier alpha value is -0.730. The van der Waals surface area contributed by atoms with Crippen molar-refractivity contribution in [3.05, 3.63) is 28.1 Å². The Bertz CT molecular complexity index is 462. The fourth-order valence-electron chi connectivity index (χ4n) is 1.47. The van der Waals surface area contributed by atoms with E-state index >= 15 is 0 Å². The average Bonchev–Trinajstić information content (AvgIpc) is 2.60. The molecule has 0 atom stereocenters. The third kappa shape index (κ3) is 1.49. The highest BCUT2D eigenvalue weighted by atomic mass is 35.5. The van der Waals surface area contributed by atoms with Gasteiger partial charge in [-0.3, -0.25) is 0 Å². The van der Waals surface area contributed by atoms with E-state index in [0.29, 0.717) is 5.02 Å². The lowest BCUT2D eigenvalue weighted by Gasteiger charge is -2.02. The zero-order valence-corrected chi connectivity index (χ0v) is 9.71. The summed E-state index contributed by atoms with van der Waals surface area (Å²) in [7, 11) is 1.66. The van der Waals surface area contributed by atoms with E-state index in [1.54, 1.807) is 18.4 Å². The van der Waals surface area contributed by atoms with Crippen molar-refractivity contribution in [2.24, 2.45) is 0 Å². The molecule has 1 nitrogen and oxygen atoms in total. The zero-order valence-electron chi connectivity index (χ0n) is 8.13. The van der Waals surface area contributed by atoms with E-state index in [-0.39, 0.29) is 0 Å². The molecule has 0 bridgehead atoms. The molecule has 0 unspecified atom stereocenters. The van der Waals surface area contributed by atoms with E-state index in [1.807, 2.05) is 12.1 Å². The van der Waals surface area contributed by atoms with Crippen LogP contribution in [-0.4, -0.2) is 7.11 Å². The third-order valence-electron chi connectivity index (χ3n) is 2.20. The Kier molecular flexibility index (Phi) is 2.66. The largest absolute Gasteiger partial charge is 0.494 e. The van der Waals surface area contributed by atoms with Gasteiger partial charge in [-0.25, -0.2) is 0 Å². The highest BCUT2D eigenvalue weighted by Crippen LogP contribution is 2.38. The van der Waals surface area contributed by atoms with E-state index in [2.05, 4.69) is 13.0 Å². The standard InChI is InChI=1S/C11H11ClOS/c1-3-8-6-7-4-5-9(12)10(13-2)11(7)14-8/h4-6H,3H2,1-2H3. The van der Waals surface area contributed by atoms with Gasteiger partial charge in [0.1, 0.15) is 0 Å². The lowest BCUT2D eigenvalue weighted by atomic mass is 10.2. The van der Waals surface area contributed by atoms with Gasteiger partial charge in [-0.05, 0) is 23.9 Å². The molecule has 0 amide bonds. The fraction of sp³-hybridized carbons (Fsp3) is 0.273. The van der Waals surface area contributed by atoms with Gasteiger partial charge in [0.2, 0.25) is 0 Å². The van der Waals surface area contributed by atoms with Crippen LogP contribution in [0.25, 0.3) is 10.1 Å². The average molecular weight is 227 g/mol. The van der Waals surface area contributed by atoms with Gasteiger partial charge < -0.3 is 4.74 Å². The Morgan fingerprint density at radius 1 is 1.43 bits per heavy atom. The van der Waals surface area contributed by atoms with Gasteiger partial charge >= 0.3 is 0 Å². The summed E-state index contributed by atoms with van der Waals surface area (Å²) in [6.07, 6.45) is 1.06. The molecule has 74 valence electrons. The summed E-state index contributed by atoms with van der Waals surface area (Å²) in [6.45, 7) is 2.15. The molecule has 2 rings (SSSR count). The number of hydrogen-bond donors (Lipinski definition) is 0. The summed E-state index contributed by atoms with van der Waals surface area (Å²) in [4.78, 5) is 1.36. The summed E-state index contributed by atoms with van der Waals surface area (Å²) in [5, 5.41) is 1.90. The van der Waals surface area contributed by atoms with E-state index in [0.717, 1.165) is 16.9 Å². The summed E-state index contributed by atoms with van der Waals surface area (Å²) in [5.74, 6) is 0.800. The molecule has 3 heteroatoms. The van der Waals surface area contributed by atoms with Crippen LogP contribution in [0.3, 0.4) is 0 Å². The minimum Gasteiger partial charge on any atom is -0.494 e. The third-order valence-corrected chi connectivity index (χ3v) is 3.79. The second-order valence-corrected chi connectivity index (χ2v) is 4.61. The Morgan fingerprint density at radius 2 is 2.21 bits per heavy atom. The number of hydrogen-bond acceptors (Lipinski definition) is 2. The van der Waals surface area contributed by atoms with Crippen molar-refractivity contribution in [3.63, 3.8) is 0 Å². The first-order valence-corrected chi connectivity index (χ1v) is 5.70. The number of ether oxygens (including phenoxy) is 1. The van der Waals surface area contributed by atoms with Crippen LogP contribution in [-0.2, 0) is 6.42 Å². The van der Waals surface area contributed by atoms with Crippen LogP contribution in [0, 0.1) is 0 Å². The summed E-state index contributed by atoms with van der Waals surface area (Å²) in [5.41, 5.74) is 0. The molecular weight excluding hydrogens is 216 g/mol. The predicted molar refractivity (Wildman–Crippen MR) is 62.8 cm³/mol. The molecule has 1 heterocycles. The lowest BCUT2D eigenvalue weighted by molar-refractivity contribution is 0.420. The van der Waals surface area contributed by atoms with Crippen LogP contribution in [0.1, 0.15) is 11.8 Å². The molecular formula is C11H11ClOS. The number of benzene rings is 1. The minimum absolute atomic E-state index is 0.685. The summed E-state index contributed by atoms with van der Waals surface area (Å²) < 4.78 is 6.44. The number of fused-ring (bicyclic) bond motifs is 1. The van der Waals surface area contributed by atoms with Gasteiger partial charge in [0.15, 0.2) is 5.75 Å². The fourth-order valence-corrected chi connectivity index (χ4v) is 2.89. The summed E-state index contributed by atoms with van der Waals surface area (Å²) in [6, 6.07) is 6.11. The number of aryl methyl sites for hydroxylation is 1. The SMILES string of the molecule is CCc1cc2ccc(Cl)c(OC)c2s1. The van der Waals surface area contributed by atoms with E-state index in [1.165, 1.54) is 10.3 Å². The molecule has 0 spiro atoms. The molecule has 0 fully saturated rings. The highest BCUT2D eigenvalue weighted by Gasteiger charge is 2.09. The van der Waals surface area contributed by atoms with Crippen molar-refractivity contribution >= 4 is 33.0 Å². The second-order valence-electron chi connectivity index (χ2n) is 3.07. The molecule has 1 aromatic carbocycles. The first kappa shape index (κ1) is 9.81. The molecule has 0 radical (unpaired) electrons. The molecule has 2 aromatic rings. The van der Waals surface area contributed by atoms with E-state index < -0.39 is 0 Å². The topological polar surface area (TPSA) is 9.23 Å². The summed E-state index contributed by atoms with van der Waals surface area (Å²) >= 11 is 7.79. The highest BCUT2D eigenvalue weighted by molar-refractivity contribution is 7.19. The Balaban J connectivity index is 2.73. The van der Waals surface area contributed by atoms with Crippen LogP contribution in [0.2, 0.25) is 5.02 Å². The van der Waals surface area contributed by atoms with Crippen LogP contribution in [0.5, 0.6) is 5.75 Å². The van der Waals surface area contributed by atoms with E-state index in [4.69, 9.17) is 16.3 Å². The maximum Gasteiger partial charge on any atom is 0.155 e. The number of thiophene rings is 1. The van der Waals surface area contributed by atoms with Crippen molar-refractivity contribution in [2.45, 2.75) is 13.3 Å². The maximum atomic E-state index is 6.04. The molecule has 0 aliphatic carbocycles. The normalized spacial score (nSPS) is 10.8. The molecule has 0 aliphatic rings. The van der Waals surface area contributed by atoms with Crippen molar-refractivity contribution < 1.29 is 4.74 Å². The molecule has 1 aromatic heterocycles. The molecule has 0 N–H and O–H groups in total. The Labute approximate surface area is 92.3 Å². The first-order valence-electron chi connectivity index (χ1n) is 4.51. The lowest BCUT2D eigenvalue weighted by Crippen LogP contribution is -1.83. The second kappa shape index (κ2) is 3.79. The number of halogens is 1. The van der Waals surface area contributed by atoms with Crippen LogP contribution in [0.15, 0.2) is 18.2 Å². The van der Waals surface area contributed by atoms with E-state index in [9.17, 15) is 0 Å². The predicted octanol–water partition coefficient (Wildman–Crippen LogP) is 4.13. The molecule has 0 aliphatic heterocycles. The van der Waals surface area contributed by atoms with Gasteiger partial charge in [0.05, 0.1) is 16.8 Å². The van der Waals surface area contributed by atoms with Crippen molar-refractivity contribution in [1.29, 1.82) is 0 Å². The monoisotopic (exact) mass is 226 g/mol. The van der Waals surface area contributed by atoms with Crippen LogP contribution in [0.4, 0.5) is 0 Å². The minimum atomic E-state index is 0.685. The van der Waals surface area contributed by atoms with Gasteiger partial charge in [0, 0.05) is 4.88 Å². The smallest absolute Gasteiger partial charge is 0.155 e. The van der Waals surface area contributed by atoms with Gasteiger partial charge in [-0.15, -0.1) is 11.3 Å². The van der Waals surface area contributed by atoms with Gasteiger partial charge in [-0.1, -0.05) is 24.6 Å². The van der Waals surface area contributed by atoms with Crippen LogP contribution >= 0.6 is 22.9 Å².